The number of ether oxygens (including phenoxy) is 2. The summed E-state index contributed by atoms with van der Waals surface area (Å²) in [5.41, 5.74) is 3.24. The third-order valence-electron chi connectivity index (χ3n) is 4.48. The minimum Gasteiger partial charge on any atom is -0.490 e. The predicted octanol–water partition coefficient (Wildman–Crippen LogP) is 5.22. The van der Waals surface area contributed by atoms with Gasteiger partial charge in [-0.25, -0.2) is 4.98 Å². The van der Waals surface area contributed by atoms with Gasteiger partial charge in [0.1, 0.15) is 6.07 Å². The third kappa shape index (κ3) is 4.17. The standard InChI is InChI=1S/C23H25N3O2/c1-4-6-13-28-21-12-11-17(15-22(21)27-5-2)14-18(16-24)23-25-19-9-7-8-10-20(19)26(23)3/h7-12,14-15H,4-6,13H2,1-3H3/b18-14-. The van der Waals surface area contributed by atoms with E-state index in [-0.39, 0.29) is 0 Å². The molecule has 1 aromatic heterocycles. The lowest BCUT2D eigenvalue weighted by Crippen LogP contribution is -2.01. The lowest BCUT2D eigenvalue weighted by atomic mass is 10.1. The highest BCUT2D eigenvalue weighted by Gasteiger charge is 2.13. The summed E-state index contributed by atoms with van der Waals surface area (Å²) in [6.07, 6.45) is 3.91. The van der Waals surface area contributed by atoms with Crippen LogP contribution in [0.1, 0.15) is 38.1 Å². The molecule has 0 unspecified atom stereocenters. The van der Waals surface area contributed by atoms with Crippen molar-refractivity contribution in [3.05, 3.63) is 53.9 Å². The van der Waals surface area contributed by atoms with Crippen LogP contribution < -0.4 is 9.47 Å². The van der Waals surface area contributed by atoms with Crippen molar-refractivity contribution >= 4 is 22.7 Å². The number of hydrogen-bond acceptors (Lipinski definition) is 4. The molecule has 3 rings (SSSR count). The number of benzene rings is 2. The predicted molar refractivity (Wildman–Crippen MR) is 112 cm³/mol. The van der Waals surface area contributed by atoms with Crippen LogP contribution in [0.5, 0.6) is 11.5 Å². The van der Waals surface area contributed by atoms with Crippen molar-refractivity contribution in [1.29, 1.82) is 5.26 Å². The Balaban J connectivity index is 1.96. The summed E-state index contributed by atoms with van der Waals surface area (Å²) in [6, 6.07) is 15.9. The van der Waals surface area contributed by atoms with Gasteiger partial charge < -0.3 is 14.0 Å². The molecule has 5 heteroatoms. The fourth-order valence-corrected chi connectivity index (χ4v) is 3.03. The van der Waals surface area contributed by atoms with Gasteiger partial charge in [-0.3, -0.25) is 0 Å². The van der Waals surface area contributed by atoms with Crippen molar-refractivity contribution in [2.24, 2.45) is 7.05 Å². The molecule has 5 nitrogen and oxygen atoms in total. The fraction of sp³-hybridized carbons (Fsp3) is 0.304. The number of para-hydroxylation sites is 2. The molecule has 0 bridgehead atoms. The molecule has 0 N–H and O–H groups in total. The van der Waals surface area contributed by atoms with Crippen LogP contribution in [0.15, 0.2) is 42.5 Å². The van der Waals surface area contributed by atoms with Crippen LogP contribution in [0.2, 0.25) is 0 Å². The second kappa shape index (κ2) is 9.09. The molecule has 144 valence electrons. The highest BCUT2D eigenvalue weighted by Crippen LogP contribution is 2.30. The highest BCUT2D eigenvalue weighted by molar-refractivity contribution is 5.91. The van der Waals surface area contributed by atoms with E-state index in [2.05, 4.69) is 18.0 Å². The molecule has 0 saturated heterocycles. The first kappa shape index (κ1) is 19.5. The summed E-state index contributed by atoms with van der Waals surface area (Å²) in [6.45, 7) is 5.28. The number of imidazole rings is 1. The van der Waals surface area contributed by atoms with Crippen LogP contribution in [-0.4, -0.2) is 22.8 Å². The Morgan fingerprint density at radius 1 is 1.14 bits per heavy atom. The zero-order valence-corrected chi connectivity index (χ0v) is 16.6. The van der Waals surface area contributed by atoms with Gasteiger partial charge in [-0.15, -0.1) is 0 Å². The SMILES string of the molecule is CCCCOc1ccc(/C=C(/C#N)c2nc3ccccc3n2C)cc1OCC. The van der Waals surface area contributed by atoms with Gasteiger partial charge in [0.25, 0.3) is 0 Å². The van der Waals surface area contributed by atoms with Crippen molar-refractivity contribution in [1.82, 2.24) is 9.55 Å². The highest BCUT2D eigenvalue weighted by atomic mass is 16.5. The number of allylic oxidation sites excluding steroid dienone is 1. The summed E-state index contributed by atoms with van der Waals surface area (Å²) in [5.74, 6) is 2.06. The number of nitriles is 1. The van der Waals surface area contributed by atoms with E-state index >= 15 is 0 Å². The second-order valence-electron chi connectivity index (χ2n) is 6.49. The van der Waals surface area contributed by atoms with Crippen LogP contribution in [0.3, 0.4) is 0 Å². The molecule has 0 aliphatic carbocycles. The van der Waals surface area contributed by atoms with E-state index < -0.39 is 0 Å². The zero-order valence-electron chi connectivity index (χ0n) is 16.6. The number of rotatable bonds is 8. The quantitative estimate of drug-likeness (QED) is 0.400. The lowest BCUT2D eigenvalue weighted by Gasteiger charge is -2.12. The van der Waals surface area contributed by atoms with Gasteiger partial charge in [0.15, 0.2) is 17.3 Å². The van der Waals surface area contributed by atoms with Crippen LogP contribution in [0.25, 0.3) is 22.7 Å². The monoisotopic (exact) mass is 375 g/mol. The van der Waals surface area contributed by atoms with Gasteiger partial charge in [-0.05, 0) is 49.2 Å². The van der Waals surface area contributed by atoms with Crippen molar-refractivity contribution in [2.45, 2.75) is 26.7 Å². The van der Waals surface area contributed by atoms with Crippen LogP contribution in [0, 0.1) is 11.3 Å². The molecular weight excluding hydrogens is 350 g/mol. The van der Waals surface area contributed by atoms with E-state index in [0.717, 1.165) is 35.2 Å². The first-order valence-electron chi connectivity index (χ1n) is 9.61. The molecule has 0 radical (unpaired) electrons. The summed E-state index contributed by atoms with van der Waals surface area (Å²) in [7, 11) is 1.92. The second-order valence-corrected chi connectivity index (χ2v) is 6.49. The average Bonchev–Trinajstić information content (AvgIpc) is 3.05. The molecule has 0 amide bonds. The van der Waals surface area contributed by atoms with Gasteiger partial charge in [0.05, 0.1) is 29.8 Å². The summed E-state index contributed by atoms with van der Waals surface area (Å²) < 4.78 is 13.5. The summed E-state index contributed by atoms with van der Waals surface area (Å²) >= 11 is 0. The Labute approximate surface area is 165 Å². The van der Waals surface area contributed by atoms with Crippen LogP contribution in [-0.2, 0) is 7.05 Å². The van der Waals surface area contributed by atoms with E-state index in [1.54, 1.807) is 0 Å². The maximum absolute atomic E-state index is 9.73. The molecule has 0 spiro atoms. The Hall–Kier alpha value is -3.26. The summed E-state index contributed by atoms with van der Waals surface area (Å²) in [4.78, 5) is 4.62. The Morgan fingerprint density at radius 3 is 2.68 bits per heavy atom. The van der Waals surface area contributed by atoms with E-state index in [4.69, 9.17) is 9.47 Å². The molecule has 1 heterocycles. The molecule has 28 heavy (non-hydrogen) atoms. The molecule has 0 fully saturated rings. The molecular formula is C23H25N3O2. The van der Waals surface area contributed by atoms with Gasteiger partial charge in [-0.1, -0.05) is 31.5 Å². The third-order valence-corrected chi connectivity index (χ3v) is 4.48. The van der Waals surface area contributed by atoms with E-state index in [9.17, 15) is 5.26 Å². The molecule has 0 aliphatic heterocycles. The molecule has 2 aromatic carbocycles. The fourth-order valence-electron chi connectivity index (χ4n) is 3.03. The molecule has 0 atom stereocenters. The number of aryl methyl sites for hydroxylation is 1. The van der Waals surface area contributed by atoms with Crippen molar-refractivity contribution < 1.29 is 9.47 Å². The van der Waals surface area contributed by atoms with Crippen LogP contribution in [0.4, 0.5) is 0 Å². The number of nitrogens with zero attached hydrogens (tertiary/aromatic N) is 3. The van der Waals surface area contributed by atoms with E-state index in [1.807, 2.05) is 67.1 Å². The maximum atomic E-state index is 9.73. The maximum Gasteiger partial charge on any atom is 0.161 e. The van der Waals surface area contributed by atoms with Gasteiger partial charge in [-0.2, -0.15) is 5.26 Å². The van der Waals surface area contributed by atoms with E-state index in [1.165, 1.54) is 0 Å². The Bertz CT molecular complexity index is 1030. The van der Waals surface area contributed by atoms with Gasteiger partial charge in [0, 0.05) is 7.05 Å². The summed E-state index contributed by atoms with van der Waals surface area (Å²) in [5, 5.41) is 9.73. The normalized spacial score (nSPS) is 11.4. The Morgan fingerprint density at radius 2 is 1.96 bits per heavy atom. The van der Waals surface area contributed by atoms with Gasteiger partial charge in [0.2, 0.25) is 0 Å². The van der Waals surface area contributed by atoms with Crippen LogP contribution >= 0.6 is 0 Å². The first-order valence-corrected chi connectivity index (χ1v) is 9.61. The van der Waals surface area contributed by atoms with Crippen molar-refractivity contribution in [2.75, 3.05) is 13.2 Å². The molecule has 0 aliphatic rings. The van der Waals surface area contributed by atoms with Gasteiger partial charge >= 0.3 is 0 Å². The zero-order chi connectivity index (χ0) is 19.9. The van der Waals surface area contributed by atoms with E-state index in [0.29, 0.717) is 30.4 Å². The molecule has 0 saturated carbocycles. The average molecular weight is 375 g/mol. The minimum absolute atomic E-state index is 0.501. The Kier molecular flexibility index (Phi) is 6.33. The number of unbranched alkanes of at least 4 members (excludes halogenated alkanes) is 1. The number of aromatic nitrogens is 2. The lowest BCUT2D eigenvalue weighted by molar-refractivity contribution is 0.272. The number of hydrogen-bond donors (Lipinski definition) is 0. The first-order chi connectivity index (χ1) is 13.7. The van der Waals surface area contributed by atoms with Crippen molar-refractivity contribution in [3.63, 3.8) is 0 Å². The van der Waals surface area contributed by atoms with Crippen molar-refractivity contribution in [3.8, 4) is 17.6 Å². The molecule has 3 aromatic rings. The largest absolute Gasteiger partial charge is 0.490 e. The topological polar surface area (TPSA) is 60.1 Å². The number of fused-ring (bicyclic) bond motifs is 1. The minimum atomic E-state index is 0.501. The smallest absolute Gasteiger partial charge is 0.161 e.